The summed E-state index contributed by atoms with van der Waals surface area (Å²) in [7, 11) is 0. The smallest absolute Gasteiger partial charge is 0.407 e. The van der Waals surface area contributed by atoms with Crippen LogP contribution in [0.25, 0.3) is 0 Å². The van der Waals surface area contributed by atoms with Crippen molar-refractivity contribution in [3.05, 3.63) is 35.9 Å². The number of oxime groups is 1. The van der Waals surface area contributed by atoms with E-state index in [1.54, 1.807) is 0 Å². The summed E-state index contributed by atoms with van der Waals surface area (Å²) >= 11 is 0. The van der Waals surface area contributed by atoms with Gasteiger partial charge in [-0.3, -0.25) is 4.79 Å². The van der Waals surface area contributed by atoms with Gasteiger partial charge < -0.3 is 25.7 Å². The van der Waals surface area contributed by atoms with Gasteiger partial charge in [0, 0.05) is 6.92 Å². The molecule has 4 N–H and O–H groups in total. The Kier molecular flexibility index (Phi) is 6.68. The zero-order valence-corrected chi connectivity index (χ0v) is 12.4. The minimum Gasteiger partial charge on any atom is -0.452 e. The maximum atomic E-state index is 11.7. The van der Waals surface area contributed by atoms with Crippen LogP contribution in [0.15, 0.2) is 35.5 Å². The Bertz CT molecular complexity index is 533. The van der Waals surface area contributed by atoms with Crippen LogP contribution in [-0.4, -0.2) is 35.3 Å². The molecule has 1 aromatic carbocycles. The van der Waals surface area contributed by atoms with Crippen LogP contribution in [0.1, 0.15) is 19.4 Å². The van der Waals surface area contributed by atoms with Gasteiger partial charge in [-0.25, -0.2) is 4.79 Å². The lowest BCUT2D eigenvalue weighted by Crippen LogP contribution is -2.49. The maximum absolute atomic E-state index is 11.7. The predicted octanol–water partition coefficient (Wildman–Crippen LogP) is 0.979. The number of nitrogens with one attached hydrogen (secondary N) is 1. The molecular weight excluding hydrogens is 290 g/mol. The molecule has 8 heteroatoms. The van der Waals surface area contributed by atoms with Crippen LogP contribution in [0.3, 0.4) is 0 Å². The lowest BCUT2D eigenvalue weighted by Gasteiger charge is -2.23. The summed E-state index contributed by atoms with van der Waals surface area (Å²) in [6.07, 6.45) is -1.80. The van der Waals surface area contributed by atoms with Crippen molar-refractivity contribution in [3.8, 4) is 0 Å². The number of alkyl carbamates (subject to hydrolysis) is 1. The number of hydrogen-bond donors (Lipinski definition) is 3. The lowest BCUT2D eigenvalue weighted by atomic mass is 10.1. The number of carbonyl (C=O) groups is 2. The highest BCUT2D eigenvalue weighted by atomic mass is 16.6. The van der Waals surface area contributed by atoms with Gasteiger partial charge in [-0.2, -0.15) is 0 Å². The maximum Gasteiger partial charge on any atom is 0.407 e. The van der Waals surface area contributed by atoms with Crippen molar-refractivity contribution in [3.63, 3.8) is 0 Å². The summed E-state index contributed by atoms with van der Waals surface area (Å²) in [5, 5.41) is 13.9. The standard InChI is InChI=1S/C14H19N3O5/c1-9(12(13(15)17-20)22-10(2)18)16-14(19)21-8-11-6-4-3-5-7-11/h3-7,9,12,20H,8H2,1-2H3,(H2,15,17)(H,16,19). The van der Waals surface area contributed by atoms with Gasteiger partial charge in [0.25, 0.3) is 0 Å². The summed E-state index contributed by atoms with van der Waals surface area (Å²) in [5.74, 6) is -0.950. The molecule has 0 fully saturated rings. The Hall–Kier alpha value is -2.77. The second-order valence-corrected chi connectivity index (χ2v) is 4.55. The molecule has 1 amide bonds. The third-order valence-electron chi connectivity index (χ3n) is 2.71. The Morgan fingerprint density at radius 1 is 1.36 bits per heavy atom. The van der Waals surface area contributed by atoms with E-state index in [9.17, 15) is 9.59 Å². The summed E-state index contributed by atoms with van der Waals surface area (Å²) in [6, 6.07) is 8.40. The second-order valence-electron chi connectivity index (χ2n) is 4.55. The zero-order chi connectivity index (χ0) is 16.5. The molecule has 8 nitrogen and oxygen atoms in total. The molecule has 0 aliphatic rings. The quantitative estimate of drug-likeness (QED) is 0.237. The zero-order valence-electron chi connectivity index (χ0n) is 12.4. The molecule has 0 saturated heterocycles. The van der Waals surface area contributed by atoms with Gasteiger partial charge in [-0.1, -0.05) is 35.5 Å². The first-order valence-electron chi connectivity index (χ1n) is 6.56. The number of nitrogens with two attached hydrogens (primary N) is 1. The Balaban J connectivity index is 2.55. The minimum atomic E-state index is -1.09. The number of carbonyl (C=O) groups excluding carboxylic acids is 2. The SMILES string of the molecule is CC(=O)OC(C(N)=NO)C(C)NC(=O)OCc1ccccc1. The van der Waals surface area contributed by atoms with Crippen molar-refractivity contribution >= 4 is 17.9 Å². The van der Waals surface area contributed by atoms with Crippen LogP contribution in [0.5, 0.6) is 0 Å². The van der Waals surface area contributed by atoms with E-state index in [4.69, 9.17) is 20.4 Å². The van der Waals surface area contributed by atoms with Crippen molar-refractivity contribution in [2.75, 3.05) is 0 Å². The van der Waals surface area contributed by atoms with Crippen LogP contribution < -0.4 is 11.1 Å². The van der Waals surface area contributed by atoms with Crippen LogP contribution in [0.2, 0.25) is 0 Å². The average molecular weight is 309 g/mol. The van der Waals surface area contributed by atoms with E-state index in [1.165, 1.54) is 13.8 Å². The van der Waals surface area contributed by atoms with E-state index in [1.807, 2.05) is 30.3 Å². The van der Waals surface area contributed by atoms with E-state index >= 15 is 0 Å². The number of amidine groups is 1. The molecule has 0 aliphatic heterocycles. The first kappa shape index (κ1) is 17.3. The number of nitrogens with zero attached hydrogens (tertiary/aromatic N) is 1. The van der Waals surface area contributed by atoms with Gasteiger partial charge in [0.05, 0.1) is 6.04 Å². The largest absolute Gasteiger partial charge is 0.452 e. The highest BCUT2D eigenvalue weighted by Gasteiger charge is 2.26. The number of amides is 1. The third kappa shape index (κ3) is 5.70. The molecule has 0 heterocycles. The second kappa shape index (κ2) is 8.50. The summed E-state index contributed by atoms with van der Waals surface area (Å²) < 4.78 is 9.94. The molecular formula is C14H19N3O5. The van der Waals surface area contributed by atoms with Crippen LogP contribution >= 0.6 is 0 Å². The molecule has 0 saturated carbocycles. The van der Waals surface area contributed by atoms with Crippen LogP contribution in [-0.2, 0) is 20.9 Å². The van der Waals surface area contributed by atoms with E-state index in [0.29, 0.717) is 0 Å². The van der Waals surface area contributed by atoms with Gasteiger partial charge in [0.15, 0.2) is 11.9 Å². The van der Waals surface area contributed by atoms with Crippen molar-refractivity contribution < 1.29 is 24.3 Å². The highest BCUT2D eigenvalue weighted by molar-refractivity contribution is 5.87. The Morgan fingerprint density at radius 2 is 2.00 bits per heavy atom. The van der Waals surface area contributed by atoms with Gasteiger partial charge in [-0.05, 0) is 12.5 Å². The van der Waals surface area contributed by atoms with Gasteiger partial charge in [0.2, 0.25) is 0 Å². The normalized spacial score (nSPS) is 13.8. The summed E-state index contributed by atoms with van der Waals surface area (Å²) in [5.41, 5.74) is 6.27. The monoisotopic (exact) mass is 309 g/mol. The molecule has 0 bridgehead atoms. The molecule has 0 aliphatic carbocycles. The molecule has 1 aromatic rings. The number of ether oxygens (including phenoxy) is 2. The van der Waals surface area contributed by atoms with E-state index in [2.05, 4.69) is 10.5 Å². The Morgan fingerprint density at radius 3 is 2.55 bits per heavy atom. The molecule has 0 radical (unpaired) electrons. The molecule has 0 spiro atoms. The van der Waals surface area contributed by atoms with E-state index in [0.717, 1.165) is 5.56 Å². The lowest BCUT2D eigenvalue weighted by molar-refractivity contribution is -0.144. The first-order valence-corrected chi connectivity index (χ1v) is 6.56. The molecule has 120 valence electrons. The van der Waals surface area contributed by atoms with Crippen LogP contribution in [0.4, 0.5) is 4.79 Å². The van der Waals surface area contributed by atoms with E-state index in [-0.39, 0.29) is 12.4 Å². The van der Waals surface area contributed by atoms with Crippen LogP contribution in [0, 0.1) is 0 Å². The van der Waals surface area contributed by atoms with Crippen molar-refractivity contribution in [2.24, 2.45) is 10.9 Å². The topological polar surface area (TPSA) is 123 Å². The highest BCUT2D eigenvalue weighted by Crippen LogP contribution is 2.04. The fourth-order valence-corrected chi connectivity index (χ4v) is 1.68. The molecule has 22 heavy (non-hydrogen) atoms. The fraction of sp³-hybridized carbons (Fsp3) is 0.357. The average Bonchev–Trinajstić information content (AvgIpc) is 2.50. The summed E-state index contributed by atoms with van der Waals surface area (Å²) in [6.45, 7) is 2.81. The van der Waals surface area contributed by atoms with Crippen molar-refractivity contribution in [2.45, 2.75) is 32.6 Å². The molecule has 1 rings (SSSR count). The molecule has 2 atom stereocenters. The molecule has 2 unspecified atom stereocenters. The number of benzene rings is 1. The minimum absolute atomic E-state index is 0.0984. The van der Waals surface area contributed by atoms with Gasteiger partial charge >= 0.3 is 12.1 Å². The Labute approximate surface area is 127 Å². The first-order chi connectivity index (χ1) is 10.4. The third-order valence-corrected chi connectivity index (χ3v) is 2.71. The van der Waals surface area contributed by atoms with Crippen molar-refractivity contribution in [1.82, 2.24) is 5.32 Å². The number of hydrogen-bond acceptors (Lipinski definition) is 6. The van der Waals surface area contributed by atoms with E-state index < -0.39 is 24.2 Å². The van der Waals surface area contributed by atoms with Gasteiger partial charge in [-0.15, -0.1) is 0 Å². The number of rotatable bonds is 6. The fourth-order valence-electron chi connectivity index (χ4n) is 1.68. The number of esters is 1. The van der Waals surface area contributed by atoms with Crippen molar-refractivity contribution in [1.29, 1.82) is 0 Å². The van der Waals surface area contributed by atoms with Gasteiger partial charge in [0.1, 0.15) is 6.61 Å². The summed E-state index contributed by atoms with van der Waals surface area (Å²) in [4.78, 5) is 22.7. The predicted molar refractivity (Wildman–Crippen MR) is 78.2 cm³/mol. The molecule has 0 aromatic heterocycles.